The maximum Gasteiger partial charge on any atom is 0.318 e. The van der Waals surface area contributed by atoms with E-state index in [1.165, 1.54) is 0 Å². The second-order valence-electron chi connectivity index (χ2n) is 5.43. The molecule has 1 aromatic rings. The molecule has 0 saturated carbocycles. The van der Waals surface area contributed by atoms with E-state index in [1.54, 1.807) is 7.11 Å². The van der Waals surface area contributed by atoms with Crippen molar-refractivity contribution in [1.29, 1.82) is 0 Å². The molecule has 4 heteroatoms. The van der Waals surface area contributed by atoms with Gasteiger partial charge in [-0.3, -0.25) is 0 Å². The number of carbonyl (C=O) groups excluding carboxylic acids is 1. The van der Waals surface area contributed by atoms with Gasteiger partial charge in [-0.25, -0.2) is 4.79 Å². The minimum absolute atomic E-state index is 0.0437. The zero-order valence-electron chi connectivity index (χ0n) is 12.5. The quantitative estimate of drug-likeness (QED) is 0.908. The number of nitrogens with zero attached hydrogens (tertiary/aromatic N) is 1. The average molecular weight is 264 g/mol. The third-order valence-electron chi connectivity index (χ3n) is 2.95. The maximum absolute atomic E-state index is 12.1. The zero-order valence-corrected chi connectivity index (χ0v) is 12.5. The highest BCUT2D eigenvalue weighted by Crippen LogP contribution is 2.14. The smallest absolute Gasteiger partial charge is 0.318 e. The normalized spacial score (nSPS) is 11.0. The number of ether oxygens (including phenoxy) is 1. The molecule has 4 nitrogen and oxygen atoms in total. The van der Waals surface area contributed by atoms with Crippen LogP contribution in [0.1, 0.15) is 33.3 Å². The van der Waals surface area contributed by atoms with Crippen molar-refractivity contribution in [2.24, 2.45) is 0 Å². The summed E-state index contributed by atoms with van der Waals surface area (Å²) < 4.78 is 5.16. The number of rotatable bonds is 4. The first kappa shape index (κ1) is 15.3. The highest BCUT2D eigenvalue weighted by molar-refractivity contribution is 5.74. The van der Waals surface area contributed by atoms with Gasteiger partial charge in [-0.2, -0.15) is 0 Å². The molecule has 1 N–H and O–H groups in total. The Labute approximate surface area is 115 Å². The molecule has 0 saturated heterocycles. The Bertz CT molecular complexity index is 424. The van der Waals surface area contributed by atoms with Crippen molar-refractivity contribution < 1.29 is 9.53 Å². The van der Waals surface area contributed by atoms with Crippen molar-refractivity contribution in [3.05, 3.63) is 29.8 Å². The molecule has 0 aliphatic rings. The van der Waals surface area contributed by atoms with Crippen LogP contribution in [0.15, 0.2) is 24.3 Å². The lowest BCUT2D eigenvalue weighted by Gasteiger charge is -2.34. The predicted octanol–water partition coefficient (Wildman–Crippen LogP) is 3.03. The molecule has 0 aliphatic carbocycles. The Balaban J connectivity index is 2.62. The largest absolute Gasteiger partial charge is 0.497 e. The molecule has 2 amide bonds. The van der Waals surface area contributed by atoms with E-state index in [4.69, 9.17) is 4.74 Å². The van der Waals surface area contributed by atoms with Gasteiger partial charge < -0.3 is 15.0 Å². The average Bonchev–Trinajstić information content (AvgIpc) is 2.35. The lowest BCUT2D eigenvalue weighted by molar-refractivity contribution is 0.149. The van der Waals surface area contributed by atoms with E-state index >= 15 is 0 Å². The predicted molar refractivity (Wildman–Crippen MR) is 77.4 cm³/mol. The van der Waals surface area contributed by atoms with Gasteiger partial charge >= 0.3 is 6.03 Å². The number of urea groups is 1. The van der Waals surface area contributed by atoms with Crippen LogP contribution in [0.3, 0.4) is 0 Å². The van der Waals surface area contributed by atoms with Gasteiger partial charge in [0.15, 0.2) is 0 Å². The van der Waals surface area contributed by atoms with Crippen molar-refractivity contribution in [3.63, 3.8) is 0 Å². The zero-order chi connectivity index (χ0) is 14.5. The van der Waals surface area contributed by atoms with Crippen LogP contribution in [0.2, 0.25) is 0 Å². The van der Waals surface area contributed by atoms with Gasteiger partial charge in [0.1, 0.15) is 5.75 Å². The van der Waals surface area contributed by atoms with E-state index in [1.807, 2.05) is 56.9 Å². The van der Waals surface area contributed by atoms with Gasteiger partial charge in [0.2, 0.25) is 0 Å². The molecular formula is C15H24N2O2. The third-order valence-corrected chi connectivity index (χ3v) is 2.95. The molecule has 0 fully saturated rings. The number of hydrogen-bond donors (Lipinski definition) is 1. The highest BCUT2D eigenvalue weighted by atomic mass is 16.5. The molecular weight excluding hydrogens is 240 g/mol. The Kier molecular flexibility index (Phi) is 5.21. The van der Waals surface area contributed by atoms with E-state index in [0.29, 0.717) is 13.1 Å². The molecule has 1 aromatic carbocycles. The van der Waals surface area contributed by atoms with Crippen LogP contribution < -0.4 is 10.1 Å². The summed E-state index contributed by atoms with van der Waals surface area (Å²) in [7, 11) is 1.64. The van der Waals surface area contributed by atoms with Crippen molar-refractivity contribution >= 4 is 6.03 Å². The van der Waals surface area contributed by atoms with Crippen LogP contribution in [0.4, 0.5) is 4.79 Å². The van der Waals surface area contributed by atoms with Gasteiger partial charge in [0, 0.05) is 18.6 Å². The van der Waals surface area contributed by atoms with E-state index < -0.39 is 0 Å². The number of amides is 2. The fourth-order valence-corrected chi connectivity index (χ4v) is 1.98. The van der Waals surface area contributed by atoms with Crippen LogP contribution in [-0.2, 0) is 6.54 Å². The molecule has 1 rings (SSSR count). The second-order valence-corrected chi connectivity index (χ2v) is 5.43. The van der Waals surface area contributed by atoms with Gasteiger partial charge in [0.25, 0.3) is 0 Å². The Morgan fingerprint density at radius 1 is 1.37 bits per heavy atom. The first-order valence-corrected chi connectivity index (χ1v) is 6.57. The van der Waals surface area contributed by atoms with Gasteiger partial charge in [0.05, 0.1) is 7.11 Å². The van der Waals surface area contributed by atoms with Crippen LogP contribution in [0.5, 0.6) is 5.75 Å². The van der Waals surface area contributed by atoms with E-state index in [9.17, 15) is 4.79 Å². The number of methoxy groups -OCH3 is 1. The molecule has 0 bridgehead atoms. The molecule has 0 atom stereocenters. The molecule has 19 heavy (non-hydrogen) atoms. The first-order chi connectivity index (χ1) is 8.88. The summed E-state index contributed by atoms with van der Waals surface area (Å²) in [4.78, 5) is 13.9. The maximum atomic E-state index is 12.1. The van der Waals surface area contributed by atoms with Crippen LogP contribution >= 0.6 is 0 Å². The summed E-state index contributed by atoms with van der Waals surface area (Å²) in [6.07, 6.45) is 0. The first-order valence-electron chi connectivity index (χ1n) is 6.57. The van der Waals surface area contributed by atoms with Crippen molar-refractivity contribution in [1.82, 2.24) is 10.2 Å². The Morgan fingerprint density at radius 3 is 2.58 bits per heavy atom. The Hall–Kier alpha value is -1.71. The topological polar surface area (TPSA) is 41.6 Å². The van der Waals surface area contributed by atoms with E-state index in [0.717, 1.165) is 11.3 Å². The lowest BCUT2D eigenvalue weighted by Crippen LogP contribution is -2.49. The van der Waals surface area contributed by atoms with Gasteiger partial charge in [-0.05, 0) is 45.4 Å². The van der Waals surface area contributed by atoms with Crippen LogP contribution in [0.25, 0.3) is 0 Å². The van der Waals surface area contributed by atoms with E-state index in [2.05, 4.69) is 5.32 Å². The molecule has 0 spiro atoms. The van der Waals surface area contributed by atoms with Gasteiger partial charge in [-0.1, -0.05) is 12.1 Å². The number of carbonyl (C=O) groups is 1. The molecule has 0 unspecified atom stereocenters. The summed E-state index contributed by atoms with van der Waals surface area (Å²) in [6, 6.07) is 7.66. The third kappa shape index (κ3) is 4.47. The summed E-state index contributed by atoms with van der Waals surface area (Å²) in [5, 5.41) is 2.94. The fraction of sp³-hybridized carbons (Fsp3) is 0.533. The minimum Gasteiger partial charge on any atom is -0.497 e. The lowest BCUT2D eigenvalue weighted by atomic mass is 10.1. The number of hydrogen-bond acceptors (Lipinski definition) is 2. The molecule has 0 heterocycles. The molecule has 106 valence electrons. The summed E-state index contributed by atoms with van der Waals surface area (Å²) in [6.45, 7) is 9.26. The standard InChI is InChI=1S/C15H24N2O2/c1-6-17(15(2,3)4)14(18)16-11-12-8-7-9-13(10-12)19-5/h7-10H,6,11H2,1-5H3,(H,16,18). The van der Waals surface area contributed by atoms with Gasteiger partial charge in [-0.15, -0.1) is 0 Å². The van der Waals surface area contributed by atoms with Crippen molar-refractivity contribution in [3.8, 4) is 5.75 Å². The summed E-state index contributed by atoms with van der Waals surface area (Å²) >= 11 is 0. The van der Waals surface area contributed by atoms with Crippen LogP contribution in [-0.4, -0.2) is 30.1 Å². The minimum atomic E-state index is -0.173. The molecule has 0 aliphatic heterocycles. The van der Waals surface area contributed by atoms with E-state index in [-0.39, 0.29) is 11.6 Å². The number of benzene rings is 1. The van der Waals surface area contributed by atoms with Crippen molar-refractivity contribution in [2.45, 2.75) is 39.8 Å². The second kappa shape index (κ2) is 6.45. The number of nitrogens with one attached hydrogen (secondary N) is 1. The monoisotopic (exact) mass is 264 g/mol. The Morgan fingerprint density at radius 2 is 2.05 bits per heavy atom. The summed E-state index contributed by atoms with van der Waals surface area (Å²) in [5.74, 6) is 0.801. The highest BCUT2D eigenvalue weighted by Gasteiger charge is 2.24. The van der Waals surface area contributed by atoms with Crippen LogP contribution in [0, 0.1) is 0 Å². The SMILES string of the molecule is CCN(C(=O)NCc1cccc(OC)c1)C(C)(C)C. The fourth-order valence-electron chi connectivity index (χ4n) is 1.98. The van der Waals surface area contributed by atoms with Crippen molar-refractivity contribution in [2.75, 3.05) is 13.7 Å². The molecule has 0 radical (unpaired) electrons. The summed E-state index contributed by atoms with van der Waals surface area (Å²) in [5.41, 5.74) is 0.852. The molecule has 0 aromatic heterocycles.